The fourth-order valence-electron chi connectivity index (χ4n) is 12.7. The van der Waals surface area contributed by atoms with Gasteiger partial charge in [-0.15, -0.1) is 0 Å². The van der Waals surface area contributed by atoms with E-state index in [2.05, 4.69) is 250 Å². The molecule has 2 unspecified atom stereocenters. The number of aromatic nitrogens is 2. The van der Waals surface area contributed by atoms with Crippen LogP contribution in [0.2, 0.25) is 0 Å². The number of nitrogens with zero attached hydrogens (tertiary/aromatic N) is 2. The molecule has 2 atom stereocenters. The molecule has 10 aromatic carbocycles. The summed E-state index contributed by atoms with van der Waals surface area (Å²) in [6, 6.07) is 86.4. The lowest BCUT2D eigenvalue weighted by molar-refractivity contribution is -0.752. The molecule has 15 rings (SSSR count). The van der Waals surface area contributed by atoms with Crippen molar-refractivity contribution in [1.82, 2.24) is 9.13 Å². The summed E-state index contributed by atoms with van der Waals surface area (Å²) in [7, 11) is 0. The van der Waals surface area contributed by atoms with Crippen molar-refractivity contribution in [1.29, 1.82) is 0 Å². The largest absolute Gasteiger partial charge is 0.309 e. The highest BCUT2D eigenvalue weighted by atomic mass is 15.3. The number of quaternary nitrogens is 2. The molecule has 3 aliphatic rings. The summed E-state index contributed by atoms with van der Waals surface area (Å²) in [6.45, 7) is 0. The van der Waals surface area contributed by atoms with Crippen molar-refractivity contribution >= 4 is 55.0 Å². The average molecular weight is 857 g/mol. The SMILES string of the molecule is c1ccc(-n2c3ccccc3c3ccc(-c4ccc5c(c4)[NH2+]C4C([NH2+]5)c5cccc6c7cc(-c8ccc9c(c8)-c8ccccc8C9(c8ccccc8)c8ccccc8)ccc7n4c56)cc32)cc1. The van der Waals surface area contributed by atoms with Crippen LogP contribution >= 0.6 is 0 Å². The Balaban J connectivity index is 0.821. The van der Waals surface area contributed by atoms with Gasteiger partial charge in [0.1, 0.15) is 0 Å². The smallest absolute Gasteiger partial charge is 0.228 e. The number of fused-ring (bicyclic) bond motifs is 13. The van der Waals surface area contributed by atoms with Gasteiger partial charge in [0, 0.05) is 44.9 Å². The van der Waals surface area contributed by atoms with Crippen LogP contribution in [0.3, 0.4) is 0 Å². The van der Waals surface area contributed by atoms with Crippen molar-refractivity contribution in [3.63, 3.8) is 0 Å². The summed E-state index contributed by atoms with van der Waals surface area (Å²) in [5, 5.41) is 10.3. The van der Waals surface area contributed by atoms with Crippen molar-refractivity contribution in [2.75, 3.05) is 0 Å². The van der Waals surface area contributed by atoms with E-state index < -0.39 is 5.41 Å². The Labute approximate surface area is 388 Å². The zero-order valence-corrected chi connectivity index (χ0v) is 36.6. The molecule has 4 heterocycles. The lowest BCUT2D eigenvalue weighted by Crippen LogP contribution is -2.96. The Hall–Kier alpha value is -8.28. The van der Waals surface area contributed by atoms with Gasteiger partial charge in [0.05, 0.1) is 27.5 Å². The standard InChI is InChI=1S/C63H42N4/c1-4-15-43(16-5-1)63(44-17-6-2-7-18-44)53-25-12-10-21-46(53)51-35-39(28-32-54(51)63)40-30-34-58-52(36-40)49-23-14-24-50-60-62(67(58)61(49)50)65-56-37-41(29-33-55(56)64-60)42-27-31-48-47-22-11-13-26-57(47)66(59(48)38-42)45-19-8-3-9-20-45/h1-38,60,62,64-65H/p+2. The summed E-state index contributed by atoms with van der Waals surface area (Å²) < 4.78 is 5.05. The van der Waals surface area contributed by atoms with E-state index in [4.69, 9.17) is 0 Å². The molecule has 2 aromatic heterocycles. The minimum atomic E-state index is -0.404. The summed E-state index contributed by atoms with van der Waals surface area (Å²) in [5.74, 6) is 0. The predicted octanol–water partition coefficient (Wildman–Crippen LogP) is 13.2. The molecule has 0 bridgehead atoms. The van der Waals surface area contributed by atoms with Crippen LogP contribution in [-0.2, 0) is 5.41 Å². The molecule has 2 aliphatic heterocycles. The summed E-state index contributed by atoms with van der Waals surface area (Å²) in [5.41, 5.74) is 22.7. The zero-order chi connectivity index (χ0) is 43.8. The van der Waals surface area contributed by atoms with Crippen molar-refractivity contribution in [2.45, 2.75) is 17.6 Å². The highest BCUT2D eigenvalue weighted by Gasteiger charge is 2.47. The monoisotopic (exact) mass is 856 g/mol. The van der Waals surface area contributed by atoms with E-state index in [0.717, 1.165) is 0 Å². The van der Waals surface area contributed by atoms with Gasteiger partial charge in [0.15, 0.2) is 17.4 Å². The molecule has 4 N–H and O–H groups in total. The van der Waals surface area contributed by atoms with E-state index in [1.807, 2.05) is 0 Å². The normalized spacial score (nSPS) is 16.4. The summed E-state index contributed by atoms with van der Waals surface area (Å²) in [4.78, 5) is 0. The number of hydrogen-bond acceptors (Lipinski definition) is 0. The predicted molar refractivity (Wildman–Crippen MR) is 273 cm³/mol. The van der Waals surface area contributed by atoms with Gasteiger partial charge in [-0.3, -0.25) is 15.2 Å². The van der Waals surface area contributed by atoms with Gasteiger partial charge in [0.25, 0.3) is 0 Å². The van der Waals surface area contributed by atoms with Gasteiger partial charge in [-0.1, -0.05) is 170 Å². The van der Waals surface area contributed by atoms with E-state index >= 15 is 0 Å². The number of benzene rings is 10. The molecule has 0 fully saturated rings. The molecule has 0 amide bonds. The molecule has 12 aromatic rings. The molecule has 4 heteroatoms. The Morgan fingerprint density at radius 3 is 1.84 bits per heavy atom. The fourth-order valence-corrected chi connectivity index (χ4v) is 12.7. The zero-order valence-electron chi connectivity index (χ0n) is 36.6. The van der Waals surface area contributed by atoms with Crippen LogP contribution in [0.1, 0.15) is 40.0 Å². The number of nitrogens with two attached hydrogens (primary N) is 2. The molecule has 1 aliphatic carbocycles. The first-order valence-corrected chi connectivity index (χ1v) is 23.6. The molecule has 0 saturated heterocycles. The molecule has 0 saturated carbocycles. The lowest BCUT2D eigenvalue weighted by atomic mass is 9.67. The van der Waals surface area contributed by atoms with Gasteiger partial charge in [-0.2, -0.15) is 0 Å². The molecule has 0 spiro atoms. The Morgan fingerprint density at radius 1 is 0.373 bits per heavy atom. The van der Waals surface area contributed by atoms with Crippen LogP contribution in [0.15, 0.2) is 231 Å². The van der Waals surface area contributed by atoms with E-state index in [1.165, 1.54) is 122 Å². The van der Waals surface area contributed by atoms with E-state index in [9.17, 15) is 0 Å². The fraction of sp³-hybridized carbons (Fsp3) is 0.0476. The van der Waals surface area contributed by atoms with Crippen molar-refractivity contribution in [3.05, 3.63) is 258 Å². The highest BCUT2D eigenvalue weighted by Crippen LogP contribution is 2.57. The maximum absolute atomic E-state index is 2.64. The second-order valence-electron chi connectivity index (χ2n) is 18.7. The van der Waals surface area contributed by atoms with Gasteiger partial charge in [-0.05, 0) is 104 Å². The van der Waals surface area contributed by atoms with E-state index in [-0.39, 0.29) is 12.2 Å². The number of para-hydroxylation sites is 3. The van der Waals surface area contributed by atoms with Gasteiger partial charge in [-0.25, -0.2) is 0 Å². The van der Waals surface area contributed by atoms with E-state index in [1.54, 1.807) is 0 Å². The minimum Gasteiger partial charge on any atom is -0.309 e. The maximum atomic E-state index is 2.64. The number of rotatable bonds is 5. The first-order chi connectivity index (χ1) is 33.2. The highest BCUT2D eigenvalue weighted by molar-refractivity contribution is 6.12. The third-order valence-corrected chi connectivity index (χ3v) is 15.5. The molecular formula is C63H44N4+2. The minimum absolute atomic E-state index is 0.190. The van der Waals surface area contributed by atoms with Crippen LogP contribution < -0.4 is 10.6 Å². The van der Waals surface area contributed by atoms with Gasteiger partial charge in [0.2, 0.25) is 6.17 Å². The Bertz CT molecular complexity index is 3950. The van der Waals surface area contributed by atoms with Crippen molar-refractivity contribution in [2.24, 2.45) is 0 Å². The van der Waals surface area contributed by atoms with Crippen LogP contribution in [0.25, 0.3) is 82.7 Å². The maximum Gasteiger partial charge on any atom is 0.228 e. The van der Waals surface area contributed by atoms with Crippen LogP contribution in [0.4, 0.5) is 11.4 Å². The van der Waals surface area contributed by atoms with Crippen molar-refractivity contribution < 1.29 is 10.6 Å². The molecule has 314 valence electrons. The second kappa shape index (κ2) is 13.9. The molecular weight excluding hydrogens is 813 g/mol. The van der Waals surface area contributed by atoms with Crippen LogP contribution in [-0.4, -0.2) is 9.13 Å². The van der Waals surface area contributed by atoms with Gasteiger partial charge < -0.3 is 4.57 Å². The first kappa shape index (κ1) is 37.0. The molecule has 67 heavy (non-hydrogen) atoms. The topological polar surface area (TPSA) is 43.1 Å². The van der Waals surface area contributed by atoms with E-state index in [0.29, 0.717) is 0 Å². The van der Waals surface area contributed by atoms with Gasteiger partial charge >= 0.3 is 0 Å². The van der Waals surface area contributed by atoms with Crippen molar-refractivity contribution in [3.8, 4) is 39.1 Å². The number of hydrogen-bond donors (Lipinski definition) is 2. The average Bonchev–Trinajstić information content (AvgIpc) is 4.11. The third kappa shape index (κ3) is 5.09. The summed E-state index contributed by atoms with van der Waals surface area (Å²) in [6.07, 6.45) is 0.190. The lowest BCUT2D eigenvalue weighted by Gasteiger charge is -2.33. The summed E-state index contributed by atoms with van der Waals surface area (Å²) >= 11 is 0. The third-order valence-electron chi connectivity index (χ3n) is 15.5. The molecule has 0 radical (unpaired) electrons. The quantitative estimate of drug-likeness (QED) is 0.162. The Kier molecular flexibility index (Phi) is 7.66. The second-order valence-corrected chi connectivity index (χ2v) is 18.7. The van der Waals surface area contributed by atoms with Crippen LogP contribution in [0, 0.1) is 0 Å². The Morgan fingerprint density at radius 2 is 1.00 bits per heavy atom. The molecule has 4 nitrogen and oxygen atoms in total. The van der Waals surface area contributed by atoms with Crippen LogP contribution in [0.5, 0.6) is 0 Å². The first-order valence-electron chi connectivity index (χ1n) is 23.6.